The van der Waals surface area contributed by atoms with E-state index in [4.69, 9.17) is 0 Å². The number of hydrogen-bond acceptors (Lipinski definition) is 6. The first kappa shape index (κ1) is 20.2. The monoisotopic (exact) mass is 395 g/mol. The molecule has 0 bridgehead atoms. The summed E-state index contributed by atoms with van der Waals surface area (Å²) in [6.45, 7) is 2.84. The molecule has 0 unspecified atom stereocenters. The Kier molecular flexibility index (Phi) is 6.95. The Balaban J connectivity index is 1.56. The van der Waals surface area contributed by atoms with Crippen LogP contribution in [0.1, 0.15) is 33.9 Å². The molecule has 0 radical (unpaired) electrons. The van der Waals surface area contributed by atoms with E-state index >= 15 is 0 Å². The summed E-state index contributed by atoms with van der Waals surface area (Å²) in [5.41, 5.74) is 4.82. The van der Waals surface area contributed by atoms with E-state index < -0.39 is 0 Å². The molecule has 28 heavy (non-hydrogen) atoms. The fraction of sp³-hybridized carbons (Fsp3) is 0.333. The van der Waals surface area contributed by atoms with Crippen LogP contribution in [-0.4, -0.2) is 38.9 Å². The number of aromatic amines is 1. The SMILES string of the molecule is Cc1ccc(Cc2cnc(CSCc3cc(CN(C)C)ccn3)[nH]c2=O)cn1. The molecule has 0 aromatic carbocycles. The zero-order chi connectivity index (χ0) is 19.9. The lowest BCUT2D eigenvalue weighted by Gasteiger charge is -2.10. The Labute approximate surface area is 169 Å². The zero-order valence-electron chi connectivity index (χ0n) is 16.5. The van der Waals surface area contributed by atoms with E-state index in [2.05, 4.69) is 45.0 Å². The first-order valence-electron chi connectivity index (χ1n) is 9.14. The second kappa shape index (κ2) is 9.61. The number of aromatic nitrogens is 4. The summed E-state index contributed by atoms with van der Waals surface area (Å²) in [6, 6.07) is 8.10. The summed E-state index contributed by atoms with van der Waals surface area (Å²) in [6.07, 6.45) is 5.86. The Morgan fingerprint density at radius 3 is 2.61 bits per heavy atom. The van der Waals surface area contributed by atoms with Gasteiger partial charge in [-0.05, 0) is 50.3 Å². The molecule has 3 aromatic rings. The zero-order valence-corrected chi connectivity index (χ0v) is 17.3. The van der Waals surface area contributed by atoms with E-state index in [1.165, 1.54) is 5.56 Å². The van der Waals surface area contributed by atoms with Gasteiger partial charge in [0.2, 0.25) is 0 Å². The first-order valence-corrected chi connectivity index (χ1v) is 10.3. The number of nitrogens with zero attached hydrogens (tertiary/aromatic N) is 4. The van der Waals surface area contributed by atoms with Crippen LogP contribution in [0.2, 0.25) is 0 Å². The van der Waals surface area contributed by atoms with Crippen molar-refractivity contribution in [2.24, 2.45) is 0 Å². The summed E-state index contributed by atoms with van der Waals surface area (Å²) >= 11 is 1.69. The van der Waals surface area contributed by atoms with Gasteiger partial charge in [0.1, 0.15) is 5.82 Å². The van der Waals surface area contributed by atoms with Gasteiger partial charge in [-0.1, -0.05) is 6.07 Å². The maximum absolute atomic E-state index is 12.3. The fourth-order valence-corrected chi connectivity index (χ4v) is 3.61. The summed E-state index contributed by atoms with van der Waals surface area (Å²) in [5.74, 6) is 2.11. The molecule has 0 aliphatic rings. The van der Waals surface area contributed by atoms with Crippen LogP contribution in [-0.2, 0) is 24.5 Å². The van der Waals surface area contributed by atoms with Crippen molar-refractivity contribution >= 4 is 11.8 Å². The van der Waals surface area contributed by atoms with E-state index in [1.807, 2.05) is 31.3 Å². The predicted octanol–water partition coefficient (Wildman–Crippen LogP) is 2.95. The molecule has 1 N–H and O–H groups in total. The van der Waals surface area contributed by atoms with Crippen LogP contribution in [0.5, 0.6) is 0 Å². The van der Waals surface area contributed by atoms with Crippen molar-refractivity contribution in [2.75, 3.05) is 14.1 Å². The van der Waals surface area contributed by atoms with Gasteiger partial charge in [-0.15, -0.1) is 11.8 Å². The van der Waals surface area contributed by atoms with E-state index in [0.717, 1.165) is 29.2 Å². The molecule has 0 saturated heterocycles. The van der Waals surface area contributed by atoms with Crippen molar-refractivity contribution in [3.05, 3.63) is 87.1 Å². The van der Waals surface area contributed by atoms with Crippen LogP contribution >= 0.6 is 11.8 Å². The largest absolute Gasteiger partial charge is 0.310 e. The van der Waals surface area contributed by atoms with E-state index in [-0.39, 0.29) is 5.56 Å². The average molecular weight is 396 g/mol. The molecule has 0 aliphatic heterocycles. The molecule has 0 atom stereocenters. The maximum Gasteiger partial charge on any atom is 0.254 e. The second-order valence-electron chi connectivity index (χ2n) is 7.05. The van der Waals surface area contributed by atoms with E-state index in [9.17, 15) is 4.79 Å². The molecule has 0 spiro atoms. The number of aryl methyl sites for hydroxylation is 1. The smallest absolute Gasteiger partial charge is 0.254 e. The lowest BCUT2D eigenvalue weighted by atomic mass is 10.1. The Bertz CT molecular complexity index is 969. The third kappa shape index (κ3) is 6.00. The highest BCUT2D eigenvalue weighted by Gasteiger charge is 2.06. The van der Waals surface area contributed by atoms with E-state index in [1.54, 1.807) is 24.2 Å². The average Bonchev–Trinajstić information content (AvgIpc) is 2.65. The number of hydrogen-bond donors (Lipinski definition) is 1. The predicted molar refractivity (Wildman–Crippen MR) is 113 cm³/mol. The number of H-pyrrole nitrogens is 1. The third-order valence-electron chi connectivity index (χ3n) is 4.16. The molecule has 7 heteroatoms. The summed E-state index contributed by atoms with van der Waals surface area (Å²) in [4.78, 5) is 30.5. The third-order valence-corrected chi connectivity index (χ3v) is 5.14. The Hall–Kier alpha value is -2.51. The van der Waals surface area contributed by atoms with Gasteiger partial charge >= 0.3 is 0 Å². The molecule has 146 valence electrons. The summed E-state index contributed by atoms with van der Waals surface area (Å²) in [5, 5.41) is 0. The fourth-order valence-electron chi connectivity index (χ4n) is 2.80. The van der Waals surface area contributed by atoms with Gasteiger partial charge in [-0.2, -0.15) is 0 Å². The van der Waals surface area contributed by atoms with Crippen LogP contribution in [0, 0.1) is 6.92 Å². The number of thioether (sulfide) groups is 1. The highest BCUT2D eigenvalue weighted by Crippen LogP contribution is 2.15. The minimum atomic E-state index is -0.0859. The van der Waals surface area contributed by atoms with E-state index in [0.29, 0.717) is 23.6 Å². The van der Waals surface area contributed by atoms with Crippen LogP contribution < -0.4 is 5.56 Å². The normalized spacial score (nSPS) is 11.1. The van der Waals surface area contributed by atoms with Gasteiger partial charge in [-0.25, -0.2) is 4.98 Å². The number of rotatable bonds is 8. The first-order chi connectivity index (χ1) is 13.5. The van der Waals surface area contributed by atoms with Gasteiger partial charge in [0.25, 0.3) is 5.56 Å². The highest BCUT2D eigenvalue weighted by molar-refractivity contribution is 7.97. The van der Waals surface area contributed by atoms with Gasteiger partial charge in [-0.3, -0.25) is 14.8 Å². The van der Waals surface area contributed by atoms with Gasteiger partial charge < -0.3 is 9.88 Å². The molecule has 0 aliphatic carbocycles. The quantitative estimate of drug-likeness (QED) is 0.632. The van der Waals surface area contributed by atoms with Crippen LogP contribution in [0.15, 0.2) is 47.7 Å². The van der Waals surface area contributed by atoms with Crippen molar-refractivity contribution < 1.29 is 0 Å². The van der Waals surface area contributed by atoms with Crippen molar-refractivity contribution in [3.63, 3.8) is 0 Å². The molecule has 6 nitrogen and oxygen atoms in total. The van der Waals surface area contributed by atoms with Crippen molar-refractivity contribution in [1.29, 1.82) is 0 Å². The minimum Gasteiger partial charge on any atom is -0.310 e. The lowest BCUT2D eigenvalue weighted by Crippen LogP contribution is -2.16. The molecule has 3 heterocycles. The summed E-state index contributed by atoms with van der Waals surface area (Å²) < 4.78 is 0. The molecule has 3 rings (SSSR count). The summed E-state index contributed by atoms with van der Waals surface area (Å²) in [7, 11) is 4.10. The number of pyridine rings is 2. The van der Waals surface area contributed by atoms with Gasteiger partial charge in [0.05, 0.1) is 11.4 Å². The standard InChI is InChI=1S/C21H25N5OS/c1-15-4-5-16(10-23-15)8-18-11-24-20(25-21(18)27)14-28-13-19-9-17(6-7-22-19)12-26(2)3/h4-7,9-11H,8,12-14H2,1-3H3,(H,24,25,27). The highest BCUT2D eigenvalue weighted by atomic mass is 32.2. The Morgan fingerprint density at radius 2 is 1.89 bits per heavy atom. The van der Waals surface area contributed by atoms with Gasteiger partial charge in [0, 0.05) is 48.6 Å². The van der Waals surface area contributed by atoms with Crippen molar-refractivity contribution in [2.45, 2.75) is 31.4 Å². The van der Waals surface area contributed by atoms with Crippen LogP contribution in [0.3, 0.4) is 0 Å². The number of nitrogens with one attached hydrogen (secondary N) is 1. The second-order valence-corrected chi connectivity index (χ2v) is 8.04. The lowest BCUT2D eigenvalue weighted by molar-refractivity contribution is 0.402. The van der Waals surface area contributed by atoms with Gasteiger partial charge in [0.15, 0.2) is 0 Å². The Morgan fingerprint density at radius 1 is 1.04 bits per heavy atom. The minimum absolute atomic E-state index is 0.0859. The topological polar surface area (TPSA) is 74.8 Å². The molecule has 0 saturated carbocycles. The van der Waals surface area contributed by atoms with Crippen molar-refractivity contribution in [1.82, 2.24) is 24.8 Å². The van der Waals surface area contributed by atoms with Crippen LogP contribution in [0.4, 0.5) is 0 Å². The molecule has 0 amide bonds. The van der Waals surface area contributed by atoms with Crippen LogP contribution in [0.25, 0.3) is 0 Å². The van der Waals surface area contributed by atoms with Crippen molar-refractivity contribution in [3.8, 4) is 0 Å². The molecule has 0 fully saturated rings. The molecular formula is C21H25N5OS. The molecule has 3 aromatic heterocycles. The maximum atomic E-state index is 12.3. The molecular weight excluding hydrogens is 370 g/mol.